The molecular formula is C38H46B2N8O8. The first-order valence-corrected chi connectivity index (χ1v) is 18.8. The van der Waals surface area contributed by atoms with Gasteiger partial charge in [0.1, 0.15) is 11.6 Å². The van der Waals surface area contributed by atoms with Crippen molar-refractivity contribution in [3.63, 3.8) is 0 Å². The molecular weight excluding hydrogens is 718 g/mol. The maximum Gasteiger partial charge on any atom is 0.409 e. The SMILES string of the molecule is COC(=O)c1cc(C2C=CCN2B(C)O)c2nc(N3CCOCC3)cnc2c1.COC(=O)c1cc(C2CC=CN2B(C)O)c2nc(N3CCOCC3)cnc2c1. The van der Waals surface area contributed by atoms with E-state index >= 15 is 0 Å². The summed E-state index contributed by atoms with van der Waals surface area (Å²) in [5.41, 5.74) is 5.24. The van der Waals surface area contributed by atoms with Crippen LogP contribution in [-0.2, 0) is 18.9 Å². The van der Waals surface area contributed by atoms with E-state index in [0.717, 1.165) is 60.0 Å². The molecule has 2 unspecified atom stereocenters. The lowest BCUT2D eigenvalue weighted by Gasteiger charge is -2.29. The Bertz CT molecular complexity index is 2130. The highest BCUT2D eigenvalue weighted by Gasteiger charge is 2.32. The predicted octanol–water partition coefficient (Wildman–Crippen LogP) is 2.90. The van der Waals surface area contributed by atoms with E-state index in [1.54, 1.807) is 50.3 Å². The number of hydrogen-bond acceptors (Lipinski definition) is 16. The fourth-order valence-corrected chi connectivity index (χ4v) is 7.52. The van der Waals surface area contributed by atoms with Gasteiger partial charge >= 0.3 is 26.0 Å². The zero-order valence-corrected chi connectivity index (χ0v) is 32.1. The van der Waals surface area contributed by atoms with Crippen molar-refractivity contribution in [1.82, 2.24) is 29.6 Å². The molecule has 0 bridgehead atoms. The number of rotatable bonds is 8. The molecule has 0 radical (unpaired) electrons. The lowest BCUT2D eigenvalue weighted by molar-refractivity contribution is 0.0592. The molecule has 2 aromatic heterocycles. The van der Waals surface area contributed by atoms with E-state index in [1.807, 2.05) is 34.0 Å². The third kappa shape index (κ3) is 8.20. The molecule has 16 nitrogen and oxygen atoms in total. The number of carbonyl (C=O) groups is 2. The average Bonchev–Trinajstić information content (AvgIpc) is 3.94. The van der Waals surface area contributed by atoms with E-state index in [-0.39, 0.29) is 12.1 Å². The Morgan fingerprint density at radius 2 is 1.27 bits per heavy atom. The molecule has 8 rings (SSSR count). The van der Waals surface area contributed by atoms with Crippen molar-refractivity contribution >= 4 is 59.7 Å². The highest BCUT2D eigenvalue weighted by atomic mass is 16.5. The summed E-state index contributed by atoms with van der Waals surface area (Å²) in [7, 11) is 1.43. The highest BCUT2D eigenvalue weighted by molar-refractivity contribution is 6.46. The van der Waals surface area contributed by atoms with Gasteiger partial charge < -0.3 is 48.4 Å². The topological polar surface area (TPSA) is 176 Å². The van der Waals surface area contributed by atoms with Crippen LogP contribution in [0.4, 0.5) is 11.6 Å². The lowest BCUT2D eigenvalue weighted by Crippen LogP contribution is -2.37. The van der Waals surface area contributed by atoms with Crippen molar-refractivity contribution < 1.29 is 38.6 Å². The van der Waals surface area contributed by atoms with Crippen molar-refractivity contribution in [2.24, 2.45) is 0 Å². The number of nitrogens with zero attached hydrogens (tertiary/aromatic N) is 8. The Morgan fingerprint density at radius 1 is 0.750 bits per heavy atom. The lowest BCUT2D eigenvalue weighted by atomic mass is 9.82. The Kier molecular flexibility index (Phi) is 12.1. The standard InChI is InChI=1S/2C19H23BN4O4/c2*1-20(26)24-5-3-4-16(24)14-10-13(19(25)27-2)11-15-18(14)22-17(12-21-15)23-6-8-28-9-7-23/h3,5,10-12,16,26H,4,6-9H2,1-2H3;3-4,10-12,16,26H,5-9H2,1-2H3. The number of esters is 2. The van der Waals surface area contributed by atoms with Crippen LogP contribution in [0.2, 0.25) is 13.6 Å². The molecule has 6 heterocycles. The molecule has 0 spiro atoms. The van der Waals surface area contributed by atoms with Gasteiger partial charge in [-0.3, -0.25) is 9.97 Å². The maximum atomic E-state index is 12.2. The van der Waals surface area contributed by atoms with Crippen molar-refractivity contribution in [2.45, 2.75) is 32.2 Å². The Hall–Kier alpha value is -5.13. The van der Waals surface area contributed by atoms with Crippen LogP contribution in [0.5, 0.6) is 0 Å². The molecule has 0 aliphatic carbocycles. The van der Waals surface area contributed by atoms with Gasteiger partial charge in [0.2, 0.25) is 0 Å². The van der Waals surface area contributed by atoms with Gasteiger partial charge in [-0.2, -0.15) is 0 Å². The van der Waals surface area contributed by atoms with Crippen molar-refractivity contribution in [3.05, 3.63) is 83.3 Å². The van der Waals surface area contributed by atoms with Gasteiger partial charge in [0.05, 0.1) is 86.2 Å². The molecule has 2 N–H and O–H groups in total. The quantitative estimate of drug-likeness (QED) is 0.152. The fraction of sp³-hybridized carbons (Fsp3) is 0.421. The number of fused-ring (bicyclic) bond motifs is 2. The summed E-state index contributed by atoms with van der Waals surface area (Å²) in [6, 6.07) is 6.69. The first-order chi connectivity index (χ1) is 27.2. The van der Waals surface area contributed by atoms with Crippen LogP contribution in [-0.4, -0.2) is 139 Å². The van der Waals surface area contributed by atoms with E-state index < -0.39 is 26.0 Å². The molecule has 2 saturated heterocycles. The second-order valence-corrected chi connectivity index (χ2v) is 13.9. The van der Waals surface area contributed by atoms with Gasteiger partial charge in [-0.1, -0.05) is 18.2 Å². The average molecular weight is 764 g/mol. The largest absolute Gasteiger partial charge is 0.465 e. The summed E-state index contributed by atoms with van der Waals surface area (Å²) in [4.78, 5) is 51.4. The smallest absolute Gasteiger partial charge is 0.409 e. The number of methoxy groups -OCH3 is 2. The van der Waals surface area contributed by atoms with E-state index in [1.165, 1.54) is 14.2 Å². The molecule has 2 atom stereocenters. The second kappa shape index (κ2) is 17.3. The number of benzene rings is 2. The van der Waals surface area contributed by atoms with Crippen LogP contribution >= 0.6 is 0 Å². The maximum absolute atomic E-state index is 12.2. The number of aromatic nitrogens is 4. The Labute approximate surface area is 326 Å². The van der Waals surface area contributed by atoms with Gasteiger partial charge in [-0.25, -0.2) is 19.6 Å². The molecule has 56 heavy (non-hydrogen) atoms. The summed E-state index contributed by atoms with van der Waals surface area (Å²) < 4.78 is 20.7. The van der Waals surface area contributed by atoms with Crippen molar-refractivity contribution in [3.8, 4) is 0 Å². The van der Waals surface area contributed by atoms with Gasteiger partial charge in [-0.15, -0.1) is 0 Å². The number of hydrogen-bond donors (Lipinski definition) is 2. The first kappa shape index (κ1) is 39.1. The third-order valence-corrected chi connectivity index (χ3v) is 10.4. The van der Waals surface area contributed by atoms with Crippen LogP contribution in [0, 0.1) is 0 Å². The molecule has 4 aliphatic rings. The monoisotopic (exact) mass is 764 g/mol. The number of anilines is 2. The third-order valence-electron chi connectivity index (χ3n) is 10.4. The van der Waals surface area contributed by atoms with Gasteiger partial charge in [0.15, 0.2) is 0 Å². The highest BCUT2D eigenvalue weighted by Crippen LogP contribution is 2.36. The zero-order chi connectivity index (χ0) is 39.3. The minimum absolute atomic E-state index is 0.124. The van der Waals surface area contributed by atoms with Crippen LogP contribution in [0.25, 0.3) is 22.1 Å². The fourth-order valence-electron chi connectivity index (χ4n) is 7.52. The minimum atomic E-state index is -0.657. The first-order valence-electron chi connectivity index (χ1n) is 18.8. The van der Waals surface area contributed by atoms with Crippen LogP contribution in [0.1, 0.15) is 50.3 Å². The van der Waals surface area contributed by atoms with Gasteiger partial charge in [-0.05, 0) is 50.5 Å². The molecule has 0 amide bonds. The van der Waals surface area contributed by atoms with Gasteiger partial charge in [0.25, 0.3) is 0 Å². The minimum Gasteiger partial charge on any atom is -0.465 e. The van der Waals surface area contributed by atoms with Crippen LogP contribution in [0.3, 0.4) is 0 Å². The van der Waals surface area contributed by atoms with E-state index in [9.17, 15) is 19.6 Å². The van der Waals surface area contributed by atoms with Gasteiger partial charge in [0, 0.05) is 55.9 Å². The molecule has 2 fully saturated rings. The number of ether oxygens (including phenoxy) is 4. The summed E-state index contributed by atoms with van der Waals surface area (Å²) in [6.07, 6.45) is 12.1. The zero-order valence-electron chi connectivity index (χ0n) is 32.1. The van der Waals surface area contributed by atoms with E-state index in [4.69, 9.17) is 28.9 Å². The molecule has 4 aromatic rings. The van der Waals surface area contributed by atoms with Crippen LogP contribution < -0.4 is 9.80 Å². The van der Waals surface area contributed by atoms with Crippen LogP contribution in [0.15, 0.2) is 61.1 Å². The summed E-state index contributed by atoms with van der Waals surface area (Å²) in [5.74, 6) is 0.732. The summed E-state index contributed by atoms with van der Waals surface area (Å²) in [6.45, 7) is 9.79. The predicted molar refractivity (Wildman–Crippen MR) is 212 cm³/mol. The number of carbonyl (C=O) groups excluding carboxylic acids is 2. The molecule has 2 aromatic carbocycles. The molecule has 0 saturated carbocycles. The molecule has 4 aliphatic heterocycles. The van der Waals surface area contributed by atoms with Crippen molar-refractivity contribution in [2.75, 3.05) is 83.2 Å². The molecule has 18 heteroatoms. The van der Waals surface area contributed by atoms with Crippen molar-refractivity contribution in [1.29, 1.82) is 0 Å². The number of morpholine rings is 2. The van der Waals surface area contributed by atoms with E-state index in [0.29, 0.717) is 61.6 Å². The summed E-state index contributed by atoms with van der Waals surface area (Å²) >= 11 is 0. The Balaban J connectivity index is 0.000000172. The normalized spacial score (nSPS) is 19.6. The molecule has 292 valence electrons. The van der Waals surface area contributed by atoms with E-state index in [2.05, 4.69) is 19.8 Å². The second-order valence-electron chi connectivity index (χ2n) is 13.9. The Morgan fingerprint density at radius 3 is 1.77 bits per heavy atom. The summed E-state index contributed by atoms with van der Waals surface area (Å²) in [5, 5.41) is 20.3.